The predicted octanol–water partition coefficient (Wildman–Crippen LogP) is 3.00. The lowest BCUT2D eigenvalue weighted by Gasteiger charge is -2.31. The fourth-order valence-corrected chi connectivity index (χ4v) is 3.13. The number of rotatable bonds is 3. The van der Waals surface area contributed by atoms with Gasteiger partial charge in [0.25, 0.3) is 5.91 Å². The number of halogens is 1. The third kappa shape index (κ3) is 3.57. The Balaban J connectivity index is 2.09. The first-order valence-electron chi connectivity index (χ1n) is 6.89. The number of hydrogen-bond acceptors (Lipinski definition) is 2. The summed E-state index contributed by atoms with van der Waals surface area (Å²) in [6.07, 6.45) is 4.57. The van der Waals surface area contributed by atoms with Crippen LogP contribution in [0.1, 0.15) is 41.6 Å². The largest absolute Gasteiger partial charge is 0.349 e. The van der Waals surface area contributed by atoms with Crippen molar-refractivity contribution in [2.45, 2.75) is 38.6 Å². The highest BCUT2D eigenvalue weighted by Gasteiger charge is 2.26. The van der Waals surface area contributed by atoms with Crippen LogP contribution >= 0.6 is 15.9 Å². The first-order valence-corrected chi connectivity index (χ1v) is 7.68. The maximum Gasteiger partial charge on any atom is 0.251 e. The second kappa shape index (κ2) is 6.53. The molecule has 2 rings (SSSR count). The molecule has 1 saturated carbocycles. The van der Waals surface area contributed by atoms with Crippen LogP contribution < -0.4 is 11.1 Å². The molecule has 2 atom stereocenters. The topological polar surface area (TPSA) is 55.1 Å². The second-order valence-electron chi connectivity index (χ2n) is 5.32. The molecule has 0 saturated heterocycles. The van der Waals surface area contributed by atoms with Gasteiger partial charge in [-0.15, -0.1) is 0 Å². The van der Waals surface area contributed by atoms with E-state index < -0.39 is 0 Å². The minimum absolute atomic E-state index is 0.0177. The van der Waals surface area contributed by atoms with Gasteiger partial charge in [0.1, 0.15) is 0 Å². The van der Waals surface area contributed by atoms with Crippen LogP contribution in [0.3, 0.4) is 0 Å². The highest BCUT2D eigenvalue weighted by atomic mass is 79.9. The van der Waals surface area contributed by atoms with Gasteiger partial charge in [0.15, 0.2) is 0 Å². The lowest BCUT2D eigenvalue weighted by Crippen LogP contribution is -2.44. The third-order valence-electron chi connectivity index (χ3n) is 3.97. The van der Waals surface area contributed by atoms with E-state index in [2.05, 4.69) is 21.2 Å². The number of benzene rings is 1. The molecule has 0 bridgehead atoms. The van der Waals surface area contributed by atoms with Crippen LogP contribution in [-0.4, -0.2) is 18.5 Å². The van der Waals surface area contributed by atoms with Gasteiger partial charge >= 0.3 is 0 Å². The van der Waals surface area contributed by atoms with Gasteiger partial charge in [-0.3, -0.25) is 4.79 Å². The molecule has 0 radical (unpaired) electrons. The van der Waals surface area contributed by atoms with E-state index in [1.807, 2.05) is 25.1 Å². The smallest absolute Gasteiger partial charge is 0.251 e. The summed E-state index contributed by atoms with van der Waals surface area (Å²) in [5.74, 6) is 0.439. The molecule has 1 fully saturated rings. The van der Waals surface area contributed by atoms with E-state index in [4.69, 9.17) is 5.73 Å². The average molecular weight is 325 g/mol. The number of hydrogen-bond donors (Lipinski definition) is 2. The van der Waals surface area contributed by atoms with E-state index >= 15 is 0 Å². The Bertz CT molecular complexity index is 461. The number of aryl methyl sites for hydroxylation is 1. The van der Waals surface area contributed by atoms with Crippen LogP contribution in [0, 0.1) is 12.8 Å². The molecule has 3 nitrogen and oxygen atoms in total. The molecule has 104 valence electrons. The molecule has 1 aromatic carbocycles. The third-order valence-corrected chi connectivity index (χ3v) is 4.47. The molecule has 2 unspecified atom stereocenters. The lowest BCUT2D eigenvalue weighted by molar-refractivity contribution is 0.0907. The van der Waals surface area contributed by atoms with Crippen molar-refractivity contribution in [1.82, 2.24) is 5.32 Å². The summed E-state index contributed by atoms with van der Waals surface area (Å²) < 4.78 is 0.933. The SMILES string of the molecule is Cc1ccc(Br)cc1C(=O)NC1CCCCC1CN. The Labute approximate surface area is 123 Å². The molecule has 0 spiro atoms. The Morgan fingerprint density at radius 3 is 2.89 bits per heavy atom. The van der Waals surface area contributed by atoms with Gasteiger partial charge in [0.2, 0.25) is 0 Å². The van der Waals surface area contributed by atoms with Gasteiger partial charge in [-0.2, -0.15) is 0 Å². The zero-order valence-electron chi connectivity index (χ0n) is 11.3. The van der Waals surface area contributed by atoms with Crippen molar-refractivity contribution in [1.29, 1.82) is 0 Å². The summed E-state index contributed by atoms with van der Waals surface area (Å²) in [5.41, 5.74) is 7.55. The zero-order chi connectivity index (χ0) is 13.8. The molecule has 1 aromatic rings. The number of carbonyl (C=O) groups is 1. The van der Waals surface area contributed by atoms with E-state index in [-0.39, 0.29) is 11.9 Å². The van der Waals surface area contributed by atoms with Gasteiger partial charge in [-0.25, -0.2) is 0 Å². The van der Waals surface area contributed by atoms with Crippen molar-refractivity contribution in [3.05, 3.63) is 33.8 Å². The van der Waals surface area contributed by atoms with Crippen LogP contribution in [0.5, 0.6) is 0 Å². The molecule has 19 heavy (non-hydrogen) atoms. The van der Waals surface area contributed by atoms with Gasteiger partial charge in [-0.1, -0.05) is 34.8 Å². The Kier molecular flexibility index (Phi) is 4.99. The van der Waals surface area contributed by atoms with Crippen molar-refractivity contribution in [2.75, 3.05) is 6.54 Å². The molecule has 0 heterocycles. The summed E-state index contributed by atoms with van der Waals surface area (Å²) in [6.45, 7) is 2.62. The number of nitrogens with one attached hydrogen (secondary N) is 1. The van der Waals surface area contributed by atoms with E-state index in [1.165, 1.54) is 12.8 Å². The molecule has 4 heteroatoms. The normalized spacial score (nSPS) is 23.1. The fraction of sp³-hybridized carbons (Fsp3) is 0.533. The van der Waals surface area contributed by atoms with E-state index in [9.17, 15) is 4.79 Å². The van der Waals surface area contributed by atoms with E-state index in [0.717, 1.165) is 28.4 Å². The molecule has 0 aliphatic heterocycles. The fourth-order valence-electron chi connectivity index (χ4n) is 2.76. The number of carbonyl (C=O) groups excluding carboxylic acids is 1. The zero-order valence-corrected chi connectivity index (χ0v) is 12.9. The molecule has 0 aromatic heterocycles. The first kappa shape index (κ1) is 14.5. The van der Waals surface area contributed by atoms with Crippen LogP contribution in [0.15, 0.2) is 22.7 Å². The van der Waals surface area contributed by atoms with Crippen molar-refractivity contribution < 1.29 is 4.79 Å². The molecular weight excluding hydrogens is 304 g/mol. The van der Waals surface area contributed by atoms with Crippen LogP contribution in [0.25, 0.3) is 0 Å². The minimum atomic E-state index is 0.0177. The summed E-state index contributed by atoms with van der Waals surface area (Å²) in [6, 6.07) is 6.02. The maximum absolute atomic E-state index is 12.4. The predicted molar refractivity (Wildman–Crippen MR) is 81.1 cm³/mol. The molecule has 1 aliphatic carbocycles. The van der Waals surface area contributed by atoms with Gasteiger partial charge in [0.05, 0.1) is 0 Å². The molecule has 3 N–H and O–H groups in total. The van der Waals surface area contributed by atoms with Crippen molar-refractivity contribution in [3.63, 3.8) is 0 Å². The van der Waals surface area contributed by atoms with E-state index in [1.54, 1.807) is 0 Å². The van der Waals surface area contributed by atoms with Crippen LogP contribution in [0.4, 0.5) is 0 Å². The summed E-state index contributed by atoms with van der Waals surface area (Å²) in [5, 5.41) is 3.16. The highest BCUT2D eigenvalue weighted by molar-refractivity contribution is 9.10. The Morgan fingerprint density at radius 2 is 2.16 bits per heavy atom. The maximum atomic E-state index is 12.4. The van der Waals surface area contributed by atoms with Gasteiger partial charge < -0.3 is 11.1 Å². The van der Waals surface area contributed by atoms with Gasteiger partial charge in [0, 0.05) is 16.1 Å². The summed E-state index contributed by atoms with van der Waals surface area (Å²) in [7, 11) is 0. The van der Waals surface area contributed by atoms with Crippen LogP contribution in [0.2, 0.25) is 0 Å². The molecule has 1 amide bonds. The number of amides is 1. The van der Waals surface area contributed by atoms with Crippen molar-refractivity contribution >= 4 is 21.8 Å². The van der Waals surface area contributed by atoms with E-state index in [0.29, 0.717) is 12.5 Å². The monoisotopic (exact) mass is 324 g/mol. The molecule has 1 aliphatic rings. The van der Waals surface area contributed by atoms with Crippen molar-refractivity contribution in [3.8, 4) is 0 Å². The first-order chi connectivity index (χ1) is 9.11. The van der Waals surface area contributed by atoms with Gasteiger partial charge in [-0.05, 0) is 49.9 Å². The average Bonchev–Trinajstić information content (AvgIpc) is 2.42. The minimum Gasteiger partial charge on any atom is -0.349 e. The summed E-state index contributed by atoms with van der Waals surface area (Å²) in [4.78, 5) is 12.4. The van der Waals surface area contributed by atoms with Crippen molar-refractivity contribution in [2.24, 2.45) is 11.7 Å². The summed E-state index contributed by atoms with van der Waals surface area (Å²) >= 11 is 3.42. The number of nitrogens with two attached hydrogens (primary N) is 1. The van der Waals surface area contributed by atoms with Crippen LogP contribution in [-0.2, 0) is 0 Å². The highest BCUT2D eigenvalue weighted by Crippen LogP contribution is 2.24. The quantitative estimate of drug-likeness (QED) is 0.898. The second-order valence-corrected chi connectivity index (χ2v) is 6.24. The molecular formula is C15H21BrN2O. The lowest BCUT2D eigenvalue weighted by atomic mass is 9.84. The standard InChI is InChI=1S/C15H21BrN2O/c1-10-6-7-12(16)8-13(10)15(19)18-14-5-3-2-4-11(14)9-17/h6-8,11,14H,2-5,9,17H2,1H3,(H,18,19). The Hall–Kier alpha value is -0.870. The Morgan fingerprint density at radius 1 is 1.42 bits per heavy atom.